The van der Waals surface area contributed by atoms with Crippen molar-refractivity contribution in [1.82, 2.24) is 10.2 Å². The van der Waals surface area contributed by atoms with Gasteiger partial charge in [-0.1, -0.05) is 24.3 Å². The van der Waals surface area contributed by atoms with E-state index < -0.39 is 18.0 Å². The molecule has 2 unspecified atom stereocenters. The first-order valence-electron chi connectivity index (χ1n) is 11.1. The molecule has 1 amide bonds. The number of allylic oxidation sites excluding steroid dienone is 3. The predicted molar refractivity (Wildman–Crippen MR) is 112 cm³/mol. The van der Waals surface area contributed by atoms with Gasteiger partial charge in [0.1, 0.15) is 5.75 Å². The molecule has 1 aromatic rings. The highest BCUT2D eigenvalue weighted by Crippen LogP contribution is 2.40. The van der Waals surface area contributed by atoms with Crippen molar-refractivity contribution in [2.45, 2.75) is 63.9 Å². The van der Waals surface area contributed by atoms with Crippen LogP contribution in [0.4, 0.5) is 13.2 Å². The standard InChI is InChI=1S/C24H29F3N2O2/c1-16-5-4-14-29(16)20-13-10-18(15-20)17-8-11-19(12-9-17)28-23(30)21-6-2-3-7-22(21)31-24(25,26)27/h2-3,6-8,11-12,16-18,20H,4-5,9-10,13-15H2,1H3,(H,28,30)/t16-,17?,18-,20?/m0/s1. The molecular weight excluding hydrogens is 405 g/mol. The fourth-order valence-corrected chi connectivity index (χ4v) is 5.33. The fourth-order valence-electron chi connectivity index (χ4n) is 5.33. The first kappa shape index (κ1) is 21.9. The third kappa shape index (κ3) is 5.32. The maximum Gasteiger partial charge on any atom is 0.573 e. The minimum atomic E-state index is -4.85. The molecule has 2 aliphatic carbocycles. The van der Waals surface area contributed by atoms with Crippen molar-refractivity contribution in [3.63, 3.8) is 0 Å². The first-order valence-corrected chi connectivity index (χ1v) is 11.1. The number of nitrogens with one attached hydrogen (secondary N) is 1. The lowest BCUT2D eigenvalue weighted by molar-refractivity contribution is -0.274. The summed E-state index contributed by atoms with van der Waals surface area (Å²) in [5.41, 5.74) is 0.473. The maximum atomic E-state index is 12.6. The van der Waals surface area contributed by atoms with Gasteiger partial charge in [0, 0.05) is 17.8 Å². The summed E-state index contributed by atoms with van der Waals surface area (Å²) < 4.78 is 41.8. The minimum Gasteiger partial charge on any atom is -0.405 e. The summed E-state index contributed by atoms with van der Waals surface area (Å²) in [7, 11) is 0. The van der Waals surface area contributed by atoms with Crippen molar-refractivity contribution >= 4 is 5.91 Å². The van der Waals surface area contributed by atoms with Gasteiger partial charge in [0.15, 0.2) is 0 Å². The van der Waals surface area contributed by atoms with Crippen LogP contribution in [0.15, 0.2) is 48.2 Å². The molecule has 1 heterocycles. The van der Waals surface area contributed by atoms with E-state index in [9.17, 15) is 18.0 Å². The fraction of sp³-hybridized carbons (Fsp3) is 0.542. The summed E-state index contributed by atoms with van der Waals surface area (Å²) in [6, 6.07) is 6.76. The van der Waals surface area contributed by atoms with E-state index in [4.69, 9.17) is 0 Å². The Balaban J connectivity index is 1.33. The smallest absolute Gasteiger partial charge is 0.405 e. The summed E-state index contributed by atoms with van der Waals surface area (Å²) in [5, 5.41) is 2.71. The quantitative estimate of drug-likeness (QED) is 0.672. The van der Waals surface area contributed by atoms with E-state index >= 15 is 0 Å². The maximum absolute atomic E-state index is 12.6. The molecule has 0 aromatic heterocycles. The Morgan fingerprint density at radius 1 is 1.19 bits per heavy atom. The zero-order chi connectivity index (χ0) is 22.0. The largest absolute Gasteiger partial charge is 0.573 e. The van der Waals surface area contributed by atoms with Gasteiger partial charge in [-0.2, -0.15) is 0 Å². The number of amides is 1. The topological polar surface area (TPSA) is 41.6 Å². The molecule has 168 valence electrons. The zero-order valence-corrected chi connectivity index (χ0v) is 17.7. The van der Waals surface area contributed by atoms with E-state index in [0.717, 1.165) is 12.5 Å². The molecule has 1 aromatic carbocycles. The minimum absolute atomic E-state index is 0.144. The van der Waals surface area contributed by atoms with E-state index in [0.29, 0.717) is 29.6 Å². The third-order valence-electron chi connectivity index (χ3n) is 6.87. The van der Waals surface area contributed by atoms with Crippen molar-refractivity contribution in [2.75, 3.05) is 6.54 Å². The van der Waals surface area contributed by atoms with Gasteiger partial charge < -0.3 is 10.1 Å². The second-order valence-corrected chi connectivity index (χ2v) is 8.87. The lowest BCUT2D eigenvalue weighted by Crippen LogP contribution is -2.36. The molecular formula is C24H29F3N2O2. The van der Waals surface area contributed by atoms with Crippen LogP contribution in [0, 0.1) is 11.8 Å². The summed E-state index contributed by atoms with van der Waals surface area (Å²) in [6.07, 6.45) is 8.28. The Morgan fingerprint density at radius 3 is 2.68 bits per heavy atom. The summed E-state index contributed by atoms with van der Waals surface area (Å²) in [4.78, 5) is 15.2. The number of benzene rings is 1. The number of halogens is 3. The Hall–Kier alpha value is -2.28. The number of carbonyl (C=O) groups excluding carboxylic acids is 1. The van der Waals surface area contributed by atoms with Crippen LogP contribution < -0.4 is 10.1 Å². The number of hydrogen-bond donors (Lipinski definition) is 1. The van der Waals surface area contributed by atoms with Crippen LogP contribution in [0.1, 0.15) is 55.8 Å². The van der Waals surface area contributed by atoms with Gasteiger partial charge in [-0.25, -0.2) is 0 Å². The van der Waals surface area contributed by atoms with Crippen molar-refractivity contribution in [1.29, 1.82) is 0 Å². The van der Waals surface area contributed by atoms with Gasteiger partial charge in [-0.15, -0.1) is 13.2 Å². The van der Waals surface area contributed by atoms with E-state index in [2.05, 4.69) is 28.0 Å². The van der Waals surface area contributed by atoms with Crippen LogP contribution in [0.25, 0.3) is 0 Å². The van der Waals surface area contributed by atoms with Gasteiger partial charge in [0.25, 0.3) is 5.91 Å². The summed E-state index contributed by atoms with van der Waals surface area (Å²) in [5.74, 6) is -0.0232. The molecule has 3 aliphatic rings. The van der Waals surface area contributed by atoms with Gasteiger partial charge in [0.2, 0.25) is 0 Å². The molecule has 1 saturated carbocycles. The van der Waals surface area contributed by atoms with Crippen LogP contribution in [0.2, 0.25) is 0 Å². The van der Waals surface area contributed by atoms with Crippen LogP contribution >= 0.6 is 0 Å². The van der Waals surface area contributed by atoms with Gasteiger partial charge in [-0.3, -0.25) is 9.69 Å². The number of likely N-dealkylation sites (tertiary alicyclic amines) is 1. The van der Waals surface area contributed by atoms with E-state index in [-0.39, 0.29) is 5.56 Å². The molecule has 4 atom stereocenters. The molecule has 7 heteroatoms. The molecule has 0 bridgehead atoms. The number of para-hydroxylation sites is 1. The molecule has 31 heavy (non-hydrogen) atoms. The second kappa shape index (κ2) is 9.07. The average molecular weight is 435 g/mol. The van der Waals surface area contributed by atoms with E-state index in [1.54, 1.807) is 0 Å². The molecule has 0 spiro atoms. The molecule has 4 nitrogen and oxygen atoms in total. The normalized spacial score (nSPS) is 29.1. The highest BCUT2D eigenvalue weighted by atomic mass is 19.4. The van der Waals surface area contributed by atoms with Crippen molar-refractivity contribution < 1.29 is 22.7 Å². The SMILES string of the molecule is C[C@H]1CCCN1C1CC[C@H](C2C=CC(NC(=O)c3ccccc3OC(F)(F)F)=CC2)C1. The van der Waals surface area contributed by atoms with Crippen LogP contribution in [-0.2, 0) is 0 Å². The number of nitrogens with zero attached hydrogens (tertiary/aromatic N) is 1. The van der Waals surface area contributed by atoms with E-state index in [1.165, 1.54) is 56.8 Å². The number of ether oxygens (including phenoxy) is 1. The Morgan fingerprint density at radius 2 is 2.00 bits per heavy atom. The molecule has 2 fully saturated rings. The van der Waals surface area contributed by atoms with E-state index in [1.807, 2.05) is 12.2 Å². The molecule has 4 rings (SSSR count). The van der Waals surface area contributed by atoms with Gasteiger partial charge in [-0.05, 0) is 82.0 Å². The van der Waals surface area contributed by atoms with Crippen molar-refractivity contribution in [3.8, 4) is 5.75 Å². The van der Waals surface area contributed by atoms with Crippen LogP contribution in [0.5, 0.6) is 5.75 Å². The lowest BCUT2D eigenvalue weighted by atomic mass is 9.85. The van der Waals surface area contributed by atoms with Crippen molar-refractivity contribution in [2.24, 2.45) is 11.8 Å². The second-order valence-electron chi connectivity index (χ2n) is 8.87. The molecule has 1 aliphatic heterocycles. The summed E-state index contributed by atoms with van der Waals surface area (Å²) in [6.45, 7) is 3.55. The summed E-state index contributed by atoms with van der Waals surface area (Å²) >= 11 is 0. The number of alkyl halides is 3. The number of carbonyl (C=O) groups is 1. The van der Waals surface area contributed by atoms with Gasteiger partial charge >= 0.3 is 6.36 Å². The molecule has 1 N–H and O–H groups in total. The first-order chi connectivity index (χ1) is 14.8. The number of rotatable bonds is 5. The highest BCUT2D eigenvalue weighted by molar-refractivity contribution is 5.98. The van der Waals surface area contributed by atoms with Crippen LogP contribution in [0.3, 0.4) is 0 Å². The van der Waals surface area contributed by atoms with Gasteiger partial charge in [0.05, 0.1) is 5.56 Å². The Labute approximate surface area is 181 Å². The van der Waals surface area contributed by atoms with Crippen molar-refractivity contribution in [3.05, 3.63) is 53.8 Å². The van der Waals surface area contributed by atoms with Crippen LogP contribution in [-0.4, -0.2) is 35.8 Å². The third-order valence-corrected chi connectivity index (χ3v) is 6.87. The Kier molecular flexibility index (Phi) is 6.42. The lowest BCUT2D eigenvalue weighted by Gasteiger charge is -2.29. The average Bonchev–Trinajstić information content (AvgIpc) is 3.36. The zero-order valence-electron chi connectivity index (χ0n) is 17.7. The monoisotopic (exact) mass is 434 g/mol. The molecule has 1 saturated heterocycles. The number of hydrogen-bond acceptors (Lipinski definition) is 3. The predicted octanol–water partition coefficient (Wildman–Crippen LogP) is 5.43. The molecule has 0 radical (unpaired) electrons. The highest BCUT2D eigenvalue weighted by Gasteiger charge is 2.36. The Bertz CT molecular complexity index is 865.